The standard InChI is InChI=1S/C42H60O2/c1-31(19-15-21-33(3)23-25-39-35(5)27-37(43-11)29-41(39,7)8)17-13-14-18-32(2)20-16-22-34(4)24-26-40-36(6)28-38(44-12)30-42(40,9)10/h13-27,37-39H,28-30H2,1-12H3/b14-13+,19-15+,20-16+,25-23+,26-24+,31-17+,32-18+,33-21+,34-22+. The Morgan fingerprint density at radius 1 is 0.705 bits per heavy atom. The minimum Gasteiger partial charge on any atom is -0.381 e. The third kappa shape index (κ3) is 12.2. The zero-order chi connectivity index (χ0) is 32.9. The highest BCUT2D eigenvalue weighted by Crippen LogP contribution is 2.43. The number of rotatable bonds is 12. The van der Waals surface area contributed by atoms with Crippen molar-refractivity contribution in [1.29, 1.82) is 0 Å². The van der Waals surface area contributed by atoms with Gasteiger partial charge in [0.05, 0.1) is 12.2 Å². The van der Waals surface area contributed by atoms with Crippen molar-refractivity contribution in [2.24, 2.45) is 16.7 Å². The number of ether oxygens (including phenoxy) is 2. The highest BCUT2D eigenvalue weighted by molar-refractivity contribution is 5.38. The third-order valence-electron chi connectivity index (χ3n) is 8.94. The summed E-state index contributed by atoms with van der Waals surface area (Å²) in [6.07, 6.45) is 36.5. The Morgan fingerprint density at radius 2 is 1.23 bits per heavy atom. The number of allylic oxidation sites excluding steroid dienone is 20. The van der Waals surface area contributed by atoms with Gasteiger partial charge in [-0.25, -0.2) is 0 Å². The van der Waals surface area contributed by atoms with Crippen LogP contribution in [0.15, 0.2) is 130 Å². The molecule has 0 amide bonds. The van der Waals surface area contributed by atoms with Crippen molar-refractivity contribution in [3.63, 3.8) is 0 Å². The second-order valence-electron chi connectivity index (χ2n) is 14.1. The lowest BCUT2D eigenvalue weighted by atomic mass is 9.67. The van der Waals surface area contributed by atoms with Gasteiger partial charge < -0.3 is 9.47 Å². The summed E-state index contributed by atoms with van der Waals surface area (Å²) < 4.78 is 11.3. The summed E-state index contributed by atoms with van der Waals surface area (Å²) in [6, 6.07) is 0. The molecule has 0 saturated heterocycles. The topological polar surface area (TPSA) is 18.5 Å². The fourth-order valence-corrected chi connectivity index (χ4v) is 6.40. The van der Waals surface area contributed by atoms with Gasteiger partial charge in [0.25, 0.3) is 0 Å². The van der Waals surface area contributed by atoms with Crippen molar-refractivity contribution in [3.8, 4) is 0 Å². The Bertz CT molecular complexity index is 1310. The molecule has 240 valence electrons. The molecule has 3 atom stereocenters. The first-order chi connectivity index (χ1) is 20.7. The smallest absolute Gasteiger partial charge is 0.0760 e. The van der Waals surface area contributed by atoms with Gasteiger partial charge in [0.15, 0.2) is 0 Å². The SMILES string of the molecule is COC1C=C(C)C(/C=C/C(C)=C/C=C/C(C)=C/C=C/C=C(C)/C=C/C=C(C)/C=C/C2=C(C)CC(OC)CC2(C)C)C(C)(C)C1. The summed E-state index contributed by atoms with van der Waals surface area (Å²) in [4.78, 5) is 0. The van der Waals surface area contributed by atoms with E-state index >= 15 is 0 Å². The monoisotopic (exact) mass is 596 g/mol. The maximum Gasteiger partial charge on any atom is 0.0760 e. The molecule has 0 aromatic rings. The molecule has 2 heteroatoms. The number of hydrogen-bond donors (Lipinski definition) is 0. The van der Waals surface area contributed by atoms with Crippen LogP contribution >= 0.6 is 0 Å². The highest BCUT2D eigenvalue weighted by atomic mass is 16.5. The minimum atomic E-state index is 0.134. The van der Waals surface area contributed by atoms with Crippen LogP contribution in [0.3, 0.4) is 0 Å². The molecule has 2 nitrogen and oxygen atoms in total. The molecule has 0 N–H and O–H groups in total. The fourth-order valence-electron chi connectivity index (χ4n) is 6.40. The van der Waals surface area contributed by atoms with Gasteiger partial charge in [0, 0.05) is 20.1 Å². The first kappa shape index (κ1) is 37.2. The lowest BCUT2D eigenvalue weighted by Crippen LogP contribution is -2.33. The van der Waals surface area contributed by atoms with E-state index in [1.807, 2.05) is 7.11 Å². The molecule has 2 rings (SSSR count). The van der Waals surface area contributed by atoms with Gasteiger partial charge in [-0.1, -0.05) is 152 Å². The van der Waals surface area contributed by atoms with Crippen LogP contribution in [0.1, 0.15) is 88.5 Å². The van der Waals surface area contributed by atoms with Gasteiger partial charge in [0.1, 0.15) is 0 Å². The van der Waals surface area contributed by atoms with Gasteiger partial charge in [-0.2, -0.15) is 0 Å². The molecule has 0 aromatic heterocycles. The van der Waals surface area contributed by atoms with Crippen molar-refractivity contribution >= 4 is 0 Å². The summed E-state index contributed by atoms with van der Waals surface area (Å²) in [7, 11) is 3.63. The van der Waals surface area contributed by atoms with E-state index in [0.717, 1.165) is 19.3 Å². The molecule has 0 spiro atoms. The average molecular weight is 597 g/mol. The predicted octanol–water partition coefficient (Wildman–Crippen LogP) is 11.7. The Kier molecular flexibility index (Phi) is 14.8. The summed E-state index contributed by atoms with van der Waals surface area (Å²) in [6.45, 7) is 22.4. The molecule has 0 bridgehead atoms. The van der Waals surface area contributed by atoms with Crippen molar-refractivity contribution in [1.82, 2.24) is 0 Å². The van der Waals surface area contributed by atoms with Crippen LogP contribution in [0.4, 0.5) is 0 Å². The van der Waals surface area contributed by atoms with Crippen LogP contribution in [0.25, 0.3) is 0 Å². The largest absolute Gasteiger partial charge is 0.381 e. The summed E-state index contributed by atoms with van der Waals surface area (Å²) in [5.74, 6) is 0.433. The van der Waals surface area contributed by atoms with E-state index in [2.05, 4.69) is 160 Å². The molecule has 44 heavy (non-hydrogen) atoms. The molecular formula is C42H60O2. The fraction of sp³-hybridized carbons (Fsp3) is 0.476. The molecule has 0 fully saturated rings. The Balaban J connectivity index is 1.90. The van der Waals surface area contributed by atoms with Crippen molar-refractivity contribution in [2.75, 3.05) is 14.2 Å². The molecule has 0 saturated carbocycles. The van der Waals surface area contributed by atoms with Crippen LogP contribution in [0, 0.1) is 16.7 Å². The Labute approximate surface area is 270 Å². The quantitative estimate of drug-likeness (QED) is 0.165. The highest BCUT2D eigenvalue weighted by Gasteiger charge is 2.35. The van der Waals surface area contributed by atoms with Crippen LogP contribution in [-0.2, 0) is 9.47 Å². The third-order valence-corrected chi connectivity index (χ3v) is 8.94. The second-order valence-corrected chi connectivity index (χ2v) is 14.1. The zero-order valence-corrected chi connectivity index (χ0v) is 29.8. The van der Waals surface area contributed by atoms with Crippen LogP contribution in [0.2, 0.25) is 0 Å². The molecular weight excluding hydrogens is 536 g/mol. The molecule has 2 aliphatic rings. The van der Waals surface area contributed by atoms with E-state index in [0.29, 0.717) is 12.0 Å². The number of hydrogen-bond acceptors (Lipinski definition) is 2. The molecule has 0 radical (unpaired) electrons. The molecule has 2 aliphatic carbocycles. The molecule has 3 unspecified atom stereocenters. The van der Waals surface area contributed by atoms with Gasteiger partial charge in [0.2, 0.25) is 0 Å². The van der Waals surface area contributed by atoms with E-state index < -0.39 is 0 Å². The first-order valence-electron chi connectivity index (χ1n) is 16.2. The summed E-state index contributed by atoms with van der Waals surface area (Å²) in [5.41, 5.74) is 9.50. The second kappa shape index (κ2) is 17.5. The zero-order valence-electron chi connectivity index (χ0n) is 29.8. The van der Waals surface area contributed by atoms with Gasteiger partial charge in [-0.3, -0.25) is 0 Å². The predicted molar refractivity (Wildman–Crippen MR) is 194 cm³/mol. The van der Waals surface area contributed by atoms with E-state index in [-0.39, 0.29) is 16.9 Å². The van der Waals surface area contributed by atoms with Crippen molar-refractivity contribution in [2.45, 2.75) is 101 Å². The van der Waals surface area contributed by atoms with Crippen LogP contribution < -0.4 is 0 Å². The van der Waals surface area contributed by atoms with Gasteiger partial charge >= 0.3 is 0 Å². The first-order valence-corrected chi connectivity index (χ1v) is 16.2. The van der Waals surface area contributed by atoms with Crippen LogP contribution in [0.5, 0.6) is 0 Å². The summed E-state index contributed by atoms with van der Waals surface area (Å²) >= 11 is 0. The van der Waals surface area contributed by atoms with Crippen molar-refractivity contribution < 1.29 is 9.47 Å². The van der Waals surface area contributed by atoms with E-state index in [1.54, 1.807) is 7.11 Å². The Morgan fingerprint density at radius 3 is 1.73 bits per heavy atom. The average Bonchev–Trinajstić information content (AvgIpc) is 2.93. The molecule has 0 aromatic carbocycles. The van der Waals surface area contributed by atoms with E-state index in [1.165, 1.54) is 39.0 Å². The normalized spacial score (nSPS) is 25.9. The number of methoxy groups -OCH3 is 2. The molecule has 0 heterocycles. The summed E-state index contributed by atoms with van der Waals surface area (Å²) in [5, 5.41) is 0. The maximum atomic E-state index is 5.65. The van der Waals surface area contributed by atoms with E-state index in [9.17, 15) is 0 Å². The van der Waals surface area contributed by atoms with Crippen LogP contribution in [-0.4, -0.2) is 26.4 Å². The lowest BCUT2D eigenvalue weighted by Gasteiger charge is -2.39. The lowest BCUT2D eigenvalue weighted by molar-refractivity contribution is 0.0627. The minimum absolute atomic E-state index is 0.134. The molecule has 0 aliphatic heterocycles. The van der Waals surface area contributed by atoms with Gasteiger partial charge in [-0.15, -0.1) is 0 Å². The van der Waals surface area contributed by atoms with E-state index in [4.69, 9.17) is 9.47 Å². The maximum absolute atomic E-state index is 5.65. The van der Waals surface area contributed by atoms with Gasteiger partial charge in [-0.05, 0) is 77.2 Å². The Hall–Kier alpha value is -2.94. The van der Waals surface area contributed by atoms with Crippen molar-refractivity contribution in [3.05, 3.63) is 130 Å².